The lowest BCUT2D eigenvalue weighted by atomic mass is 10.1. The van der Waals surface area contributed by atoms with E-state index in [4.69, 9.17) is 4.74 Å². The van der Waals surface area contributed by atoms with Gasteiger partial charge in [-0.05, 0) is 50.6 Å². The first kappa shape index (κ1) is 17.5. The number of phenolic OH excluding ortho intramolecular Hbond substituents is 1. The van der Waals surface area contributed by atoms with E-state index in [1.807, 2.05) is 13.8 Å². The quantitative estimate of drug-likeness (QED) is 0.495. The third kappa shape index (κ3) is 5.44. The van der Waals surface area contributed by atoms with Gasteiger partial charge in [0.05, 0.1) is 18.9 Å². The van der Waals surface area contributed by atoms with Gasteiger partial charge in [-0.3, -0.25) is 4.79 Å². The predicted molar refractivity (Wildman–Crippen MR) is 82.9 cm³/mol. The Labute approximate surface area is 129 Å². The number of phenols is 1. The van der Waals surface area contributed by atoms with Gasteiger partial charge in [0.2, 0.25) is 0 Å². The van der Waals surface area contributed by atoms with Crippen molar-refractivity contribution in [1.82, 2.24) is 0 Å². The van der Waals surface area contributed by atoms with E-state index in [1.165, 1.54) is 31.6 Å². The zero-order valence-electron chi connectivity index (χ0n) is 13.2. The fourth-order valence-corrected chi connectivity index (χ4v) is 1.72. The Morgan fingerprint density at radius 2 is 1.91 bits per heavy atom. The number of hydrogen-bond donors (Lipinski definition) is 1. The number of benzene rings is 1. The lowest BCUT2D eigenvalue weighted by Gasteiger charge is -2.06. The molecule has 1 rings (SSSR count). The van der Waals surface area contributed by atoms with Gasteiger partial charge in [0.1, 0.15) is 0 Å². The molecule has 1 N–H and O–H groups in total. The molecule has 22 heavy (non-hydrogen) atoms. The highest BCUT2D eigenvalue weighted by Gasteiger charge is 2.10. The second-order valence-corrected chi connectivity index (χ2v) is 5.12. The topological polar surface area (TPSA) is 72.8 Å². The van der Waals surface area contributed by atoms with Crippen molar-refractivity contribution in [2.45, 2.75) is 27.2 Å². The van der Waals surface area contributed by atoms with Gasteiger partial charge in [0.25, 0.3) is 0 Å². The van der Waals surface area contributed by atoms with Crippen molar-refractivity contribution in [1.29, 1.82) is 0 Å². The average molecular weight is 304 g/mol. The van der Waals surface area contributed by atoms with Crippen LogP contribution in [0.4, 0.5) is 0 Å². The molecule has 0 aliphatic carbocycles. The molecule has 0 atom stereocenters. The number of rotatable bonds is 6. The molecule has 0 aliphatic rings. The Morgan fingerprint density at radius 1 is 1.23 bits per heavy atom. The first-order chi connectivity index (χ1) is 10.3. The summed E-state index contributed by atoms with van der Waals surface area (Å²) in [5.41, 5.74) is 1.89. The fraction of sp³-hybridized carbons (Fsp3) is 0.294. The minimum absolute atomic E-state index is 0.0115. The van der Waals surface area contributed by atoms with Gasteiger partial charge in [-0.25, -0.2) is 4.79 Å². The molecule has 0 aromatic heterocycles. The molecule has 0 saturated heterocycles. The van der Waals surface area contributed by atoms with Gasteiger partial charge in [-0.15, -0.1) is 0 Å². The molecule has 0 aliphatic heterocycles. The number of ether oxygens (including phenoxy) is 2. The molecule has 1 aromatic rings. The zero-order valence-corrected chi connectivity index (χ0v) is 13.2. The highest BCUT2D eigenvalue weighted by molar-refractivity contribution is 5.91. The van der Waals surface area contributed by atoms with Crippen LogP contribution in [0.3, 0.4) is 0 Å². The van der Waals surface area contributed by atoms with Crippen LogP contribution >= 0.6 is 0 Å². The third-order valence-electron chi connectivity index (χ3n) is 2.67. The number of carbonyl (C=O) groups is 2. The van der Waals surface area contributed by atoms with Crippen LogP contribution in [-0.2, 0) is 9.53 Å². The standard InChI is InChI=1S/C17H20O5/c1-11(2)7-14(18)8-12(3)10-22-16-6-5-13(9-15(16)19)17(20)21-4/h5-7,9-10,19H,8H2,1-4H3/b12-10+. The van der Waals surface area contributed by atoms with Crippen molar-refractivity contribution in [3.63, 3.8) is 0 Å². The van der Waals surface area contributed by atoms with Crippen LogP contribution in [0, 0.1) is 0 Å². The summed E-state index contributed by atoms with van der Waals surface area (Å²) in [6, 6.07) is 4.21. The molecule has 0 unspecified atom stereocenters. The molecule has 0 radical (unpaired) electrons. The maximum absolute atomic E-state index is 11.6. The maximum Gasteiger partial charge on any atom is 0.337 e. The molecule has 118 valence electrons. The number of carbonyl (C=O) groups excluding carboxylic acids is 2. The zero-order chi connectivity index (χ0) is 16.7. The number of hydrogen-bond acceptors (Lipinski definition) is 5. The van der Waals surface area contributed by atoms with Gasteiger partial charge < -0.3 is 14.6 Å². The van der Waals surface area contributed by atoms with E-state index in [0.717, 1.165) is 11.1 Å². The Morgan fingerprint density at radius 3 is 2.45 bits per heavy atom. The van der Waals surface area contributed by atoms with Crippen molar-refractivity contribution in [3.8, 4) is 11.5 Å². The summed E-state index contributed by atoms with van der Waals surface area (Å²) in [4.78, 5) is 22.9. The Hall–Kier alpha value is -2.56. The first-order valence-electron chi connectivity index (χ1n) is 6.75. The highest BCUT2D eigenvalue weighted by atomic mass is 16.5. The van der Waals surface area contributed by atoms with Crippen molar-refractivity contribution in [2.75, 3.05) is 7.11 Å². The molecule has 0 bridgehead atoms. The van der Waals surface area contributed by atoms with Crippen molar-refractivity contribution in [3.05, 3.63) is 47.2 Å². The lowest BCUT2D eigenvalue weighted by molar-refractivity contribution is -0.114. The second kappa shape index (κ2) is 8.02. The molecule has 0 heterocycles. The number of allylic oxidation sites excluding steroid dienone is 3. The SMILES string of the molecule is COC(=O)c1ccc(O/C=C(\C)CC(=O)C=C(C)C)c(O)c1. The number of methoxy groups -OCH3 is 1. The third-order valence-corrected chi connectivity index (χ3v) is 2.67. The number of esters is 1. The van der Waals surface area contributed by atoms with Crippen molar-refractivity contribution in [2.24, 2.45) is 0 Å². The lowest BCUT2D eigenvalue weighted by Crippen LogP contribution is -2.01. The molecule has 5 nitrogen and oxygen atoms in total. The van der Waals surface area contributed by atoms with Gasteiger partial charge in [0, 0.05) is 6.42 Å². The molecule has 1 aromatic carbocycles. The fourth-order valence-electron chi connectivity index (χ4n) is 1.72. The van der Waals surface area contributed by atoms with E-state index in [2.05, 4.69) is 4.74 Å². The van der Waals surface area contributed by atoms with E-state index in [0.29, 0.717) is 0 Å². The van der Waals surface area contributed by atoms with Crippen LogP contribution in [0.15, 0.2) is 41.7 Å². The van der Waals surface area contributed by atoms with Crippen LogP contribution in [-0.4, -0.2) is 24.0 Å². The summed E-state index contributed by atoms with van der Waals surface area (Å²) < 4.78 is 9.89. The van der Waals surface area contributed by atoms with Gasteiger partial charge >= 0.3 is 5.97 Å². The van der Waals surface area contributed by atoms with Crippen molar-refractivity contribution < 1.29 is 24.2 Å². The van der Waals surface area contributed by atoms with E-state index < -0.39 is 5.97 Å². The van der Waals surface area contributed by atoms with E-state index >= 15 is 0 Å². The summed E-state index contributed by atoms with van der Waals surface area (Å²) in [5.74, 6) is -0.534. The van der Waals surface area contributed by atoms with Gasteiger partial charge in [0.15, 0.2) is 17.3 Å². The molecule has 5 heteroatoms. The summed E-state index contributed by atoms with van der Waals surface area (Å²) in [6.45, 7) is 5.47. The number of ketones is 1. The van der Waals surface area contributed by atoms with Crippen LogP contribution < -0.4 is 4.74 Å². The number of aromatic hydroxyl groups is 1. The van der Waals surface area contributed by atoms with Crippen LogP contribution in [0.5, 0.6) is 11.5 Å². The highest BCUT2D eigenvalue weighted by Crippen LogP contribution is 2.27. The van der Waals surface area contributed by atoms with E-state index in [9.17, 15) is 14.7 Å². The molecular weight excluding hydrogens is 284 g/mol. The van der Waals surface area contributed by atoms with Crippen LogP contribution in [0.1, 0.15) is 37.6 Å². The Balaban J connectivity index is 2.75. The molecular formula is C17H20O5. The smallest absolute Gasteiger partial charge is 0.337 e. The molecule has 0 spiro atoms. The summed E-state index contributed by atoms with van der Waals surface area (Å²) in [5, 5.41) is 9.81. The van der Waals surface area contributed by atoms with E-state index in [-0.39, 0.29) is 29.3 Å². The van der Waals surface area contributed by atoms with Crippen molar-refractivity contribution >= 4 is 11.8 Å². The summed E-state index contributed by atoms with van der Waals surface area (Å²) in [6.07, 6.45) is 3.22. The molecule has 0 fully saturated rings. The predicted octanol–water partition coefficient (Wildman–Crippen LogP) is 3.39. The largest absolute Gasteiger partial charge is 0.504 e. The average Bonchev–Trinajstić information content (AvgIpc) is 2.44. The van der Waals surface area contributed by atoms with Crippen LogP contribution in [0.2, 0.25) is 0 Å². The molecule has 0 saturated carbocycles. The Kier molecular flexibility index (Phi) is 6.38. The molecule has 0 amide bonds. The minimum atomic E-state index is -0.541. The summed E-state index contributed by atoms with van der Waals surface area (Å²) >= 11 is 0. The first-order valence-corrected chi connectivity index (χ1v) is 6.75. The monoisotopic (exact) mass is 304 g/mol. The van der Waals surface area contributed by atoms with E-state index in [1.54, 1.807) is 13.0 Å². The second-order valence-electron chi connectivity index (χ2n) is 5.12. The Bertz CT molecular complexity index is 622. The van der Waals surface area contributed by atoms with Crippen LogP contribution in [0.25, 0.3) is 0 Å². The summed E-state index contributed by atoms with van der Waals surface area (Å²) in [7, 11) is 1.26. The van der Waals surface area contributed by atoms with Gasteiger partial charge in [-0.1, -0.05) is 5.57 Å². The minimum Gasteiger partial charge on any atom is -0.504 e. The van der Waals surface area contributed by atoms with Gasteiger partial charge in [-0.2, -0.15) is 0 Å². The maximum atomic E-state index is 11.6. The normalized spacial score (nSPS) is 10.8.